The Labute approximate surface area is 120 Å². The molecule has 1 aliphatic rings. The van der Waals surface area contributed by atoms with Crippen LogP contribution in [0.3, 0.4) is 0 Å². The summed E-state index contributed by atoms with van der Waals surface area (Å²) in [5.41, 5.74) is 0.812. The Kier molecular flexibility index (Phi) is 4.65. The third kappa shape index (κ3) is 3.97. The van der Waals surface area contributed by atoms with Gasteiger partial charge in [-0.2, -0.15) is 0 Å². The van der Waals surface area contributed by atoms with Gasteiger partial charge in [0.1, 0.15) is 11.4 Å². The van der Waals surface area contributed by atoms with Gasteiger partial charge in [0.15, 0.2) is 0 Å². The Morgan fingerprint density at radius 1 is 1.35 bits per heavy atom. The van der Waals surface area contributed by atoms with E-state index in [0.717, 1.165) is 37.2 Å². The molecule has 0 radical (unpaired) electrons. The molecule has 1 unspecified atom stereocenters. The summed E-state index contributed by atoms with van der Waals surface area (Å²) in [5, 5.41) is 0. The predicted molar refractivity (Wildman–Crippen MR) is 77.9 cm³/mol. The topological polar surface area (TPSA) is 38.8 Å². The van der Waals surface area contributed by atoms with Crippen LogP contribution in [0, 0.1) is 0 Å². The van der Waals surface area contributed by atoms with E-state index in [0.29, 0.717) is 6.42 Å². The van der Waals surface area contributed by atoms with Crippen LogP contribution in [-0.4, -0.2) is 43.7 Å². The fourth-order valence-corrected chi connectivity index (χ4v) is 2.73. The Balaban J connectivity index is 1.98. The Morgan fingerprint density at radius 2 is 2.05 bits per heavy atom. The molecule has 0 spiro atoms. The van der Waals surface area contributed by atoms with Crippen molar-refractivity contribution in [1.29, 1.82) is 0 Å². The number of nitrogens with zero attached hydrogens (tertiary/aromatic N) is 1. The molecule has 4 nitrogen and oxygen atoms in total. The first-order chi connectivity index (χ1) is 9.50. The van der Waals surface area contributed by atoms with E-state index >= 15 is 0 Å². The van der Waals surface area contributed by atoms with Crippen molar-refractivity contribution in [3.05, 3.63) is 29.8 Å². The molecule has 0 N–H and O–H groups in total. The number of hydrogen-bond acceptors (Lipinski definition) is 4. The van der Waals surface area contributed by atoms with Gasteiger partial charge in [0, 0.05) is 6.54 Å². The van der Waals surface area contributed by atoms with Crippen LogP contribution in [0.2, 0.25) is 0 Å². The summed E-state index contributed by atoms with van der Waals surface area (Å²) in [6.45, 7) is 4.24. The number of ether oxygens (including phenoxy) is 2. The molecule has 1 fully saturated rings. The minimum absolute atomic E-state index is 0.128. The van der Waals surface area contributed by atoms with Gasteiger partial charge >= 0.3 is 5.97 Å². The molecular weight excluding hydrogens is 254 g/mol. The van der Waals surface area contributed by atoms with Crippen molar-refractivity contribution >= 4 is 5.97 Å². The summed E-state index contributed by atoms with van der Waals surface area (Å²) in [5.74, 6) is 0.635. The maximum atomic E-state index is 11.2. The van der Waals surface area contributed by atoms with Crippen LogP contribution in [0.15, 0.2) is 24.3 Å². The first-order valence-electron chi connectivity index (χ1n) is 7.04. The lowest BCUT2D eigenvalue weighted by Gasteiger charge is -2.39. The zero-order chi connectivity index (χ0) is 14.6. The molecule has 0 saturated carbocycles. The van der Waals surface area contributed by atoms with Crippen LogP contribution >= 0.6 is 0 Å². The largest absolute Gasteiger partial charge is 0.486 e. The SMILES string of the molecule is COC(=O)Cc1ccc(OC2(C)CCCN(C)C2)cc1. The fraction of sp³-hybridized carbons (Fsp3) is 0.562. The first kappa shape index (κ1) is 14.9. The number of esters is 1. The number of hydrogen-bond donors (Lipinski definition) is 0. The number of methoxy groups -OCH3 is 1. The van der Waals surface area contributed by atoms with E-state index < -0.39 is 0 Å². The van der Waals surface area contributed by atoms with Crippen LogP contribution in [0.25, 0.3) is 0 Å². The third-order valence-electron chi connectivity index (χ3n) is 3.71. The van der Waals surface area contributed by atoms with Crippen LogP contribution in [0.5, 0.6) is 5.75 Å². The number of piperidine rings is 1. The van der Waals surface area contributed by atoms with Gasteiger partial charge in [0.25, 0.3) is 0 Å². The lowest BCUT2D eigenvalue weighted by molar-refractivity contribution is -0.139. The van der Waals surface area contributed by atoms with Crippen molar-refractivity contribution < 1.29 is 14.3 Å². The van der Waals surface area contributed by atoms with Crippen LogP contribution < -0.4 is 4.74 Å². The van der Waals surface area contributed by atoms with Gasteiger partial charge in [-0.3, -0.25) is 4.79 Å². The zero-order valence-electron chi connectivity index (χ0n) is 12.5. The van der Waals surface area contributed by atoms with Gasteiger partial charge in [-0.25, -0.2) is 0 Å². The smallest absolute Gasteiger partial charge is 0.309 e. The fourth-order valence-electron chi connectivity index (χ4n) is 2.73. The number of likely N-dealkylation sites (tertiary alicyclic amines) is 1. The molecule has 1 atom stereocenters. The molecule has 1 aliphatic heterocycles. The minimum atomic E-state index is -0.223. The van der Waals surface area contributed by atoms with Crippen molar-refractivity contribution in [2.45, 2.75) is 31.8 Å². The lowest BCUT2D eigenvalue weighted by Crippen LogP contribution is -2.48. The molecule has 0 bridgehead atoms. The minimum Gasteiger partial charge on any atom is -0.486 e. The molecule has 1 aromatic rings. The van der Waals surface area contributed by atoms with E-state index in [-0.39, 0.29) is 11.6 Å². The quantitative estimate of drug-likeness (QED) is 0.791. The first-order valence-corrected chi connectivity index (χ1v) is 7.04. The number of likely N-dealkylation sites (N-methyl/N-ethyl adjacent to an activating group) is 1. The highest BCUT2D eigenvalue weighted by atomic mass is 16.5. The summed E-state index contributed by atoms with van der Waals surface area (Å²) in [6, 6.07) is 7.70. The second-order valence-corrected chi connectivity index (χ2v) is 5.79. The normalized spacial score (nSPS) is 23.4. The van der Waals surface area contributed by atoms with Gasteiger partial charge < -0.3 is 14.4 Å². The van der Waals surface area contributed by atoms with E-state index in [1.807, 2.05) is 24.3 Å². The molecule has 1 heterocycles. The average molecular weight is 277 g/mol. The third-order valence-corrected chi connectivity index (χ3v) is 3.71. The molecule has 0 aromatic heterocycles. The van der Waals surface area contributed by atoms with E-state index in [9.17, 15) is 4.79 Å². The van der Waals surface area contributed by atoms with Crippen molar-refractivity contribution in [2.75, 3.05) is 27.2 Å². The second-order valence-electron chi connectivity index (χ2n) is 5.79. The number of benzene rings is 1. The van der Waals surface area contributed by atoms with Crippen LogP contribution in [-0.2, 0) is 16.0 Å². The van der Waals surface area contributed by atoms with Gasteiger partial charge in [-0.15, -0.1) is 0 Å². The van der Waals surface area contributed by atoms with E-state index in [4.69, 9.17) is 4.74 Å². The summed E-state index contributed by atoms with van der Waals surface area (Å²) in [4.78, 5) is 13.5. The predicted octanol–water partition coefficient (Wildman–Crippen LogP) is 2.27. The molecule has 1 saturated heterocycles. The maximum absolute atomic E-state index is 11.2. The highest BCUT2D eigenvalue weighted by Gasteiger charge is 2.31. The maximum Gasteiger partial charge on any atom is 0.309 e. The summed E-state index contributed by atoms with van der Waals surface area (Å²) in [7, 11) is 3.53. The van der Waals surface area contributed by atoms with Crippen LogP contribution in [0.1, 0.15) is 25.3 Å². The molecule has 4 heteroatoms. The van der Waals surface area contributed by atoms with Crippen molar-refractivity contribution in [1.82, 2.24) is 4.90 Å². The van der Waals surface area contributed by atoms with Gasteiger partial charge in [0.2, 0.25) is 0 Å². The second kappa shape index (κ2) is 6.27. The van der Waals surface area contributed by atoms with Crippen molar-refractivity contribution in [3.8, 4) is 5.75 Å². The summed E-state index contributed by atoms with van der Waals surface area (Å²) in [6.07, 6.45) is 2.53. The molecular formula is C16H23NO3. The van der Waals surface area contributed by atoms with E-state index in [2.05, 4.69) is 23.6 Å². The van der Waals surface area contributed by atoms with Crippen molar-refractivity contribution in [2.24, 2.45) is 0 Å². The molecule has 0 aliphatic carbocycles. The highest BCUT2D eigenvalue weighted by Crippen LogP contribution is 2.27. The molecule has 20 heavy (non-hydrogen) atoms. The van der Waals surface area contributed by atoms with Gasteiger partial charge in [0.05, 0.1) is 13.5 Å². The summed E-state index contributed by atoms with van der Waals surface area (Å²) < 4.78 is 10.8. The molecule has 1 aromatic carbocycles. The monoisotopic (exact) mass is 277 g/mol. The van der Waals surface area contributed by atoms with Gasteiger partial charge in [-0.05, 0) is 51.1 Å². The van der Waals surface area contributed by atoms with E-state index in [1.165, 1.54) is 7.11 Å². The number of carbonyl (C=O) groups excluding carboxylic acids is 1. The lowest BCUT2D eigenvalue weighted by atomic mass is 9.95. The van der Waals surface area contributed by atoms with E-state index in [1.54, 1.807) is 0 Å². The molecule has 0 amide bonds. The zero-order valence-corrected chi connectivity index (χ0v) is 12.5. The number of rotatable bonds is 4. The molecule has 2 rings (SSSR count). The molecule has 110 valence electrons. The average Bonchev–Trinajstić information content (AvgIpc) is 2.40. The number of carbonyl (C=O) groups is 1. The highest BCUT2D eigenvalue weighted by molar-refractivity contribution is 5.72. The summed E-state index contributed by atoms with van der Waals surface area (Å²) >= 11 is 0. The Bertz CT molecular complexity index is 457. The Morgan fingerprint density at radius 3 is 2.65 bits per heavy atom. The van der Waals surface area contributed by atoms with Crippen LogP contribution in [0.4, 0.5) is 0 Å². The van der Waals surface area contributed by atoms with Gasteiger partial charge in [-0.1, -0.05) is 12.1 Å². The standard InChI is InChI=1S/C16H23NO3/c1-16(9-4-10-17(2)12-16)20-14-7-5-13(6-8-14)11-15(18)19-3/h5-8H,4,9-12H2,1-3H3. The van der Waals surface area contributed by atoms with Crippen molar-refractivity contribution in [3.63, 3.8) is 0 Å². The Hall–Kier alpha value is -1.55.